The van der Waals surface area contributed by atoms with Gasteiger partial charge in [0.1, 0.15) is 12.4 Å². The third-order valence-corrected chi connectivity index (χ3v) is 4.57. The molecule has 0 aliphatic carbocycles. The smallest absolute Gasteiger partial charge is 0.325 e. The Bertz CT molecular complexity index is 927. The van der Waals surface area contributed by atoms with Gasteiger partial charge in [-0.15, -0.1) is 0 Å². The Morgan fingerprint density at radius 1 is 1.03 bits per heavy atom. The average molecular weight is 396 g/mol. The number of hydrogen-bond donors (Lipinski definition) is 1. The molecule has 1 heterocycles. The molecule has 0 spiro atoms. The molecule has 0 bridgehead atoms. The zero-order chi connectivity index (χ0) is 20.6. The van der Waals surface area contributed by atoms with Crippen LogP contribution in [0.1, 0.15) is 22.3 Å². The van der Waals surface area contributed by atoms with Crippen LogP contribution < -0.4 is 5.32 Å². The molecule has 0 saturated carbocycles. The second-order valence-electron chi connectivity index (χ2n) is 6.51. The minimum atomic E-state index is -0.763. The van der Waals surface area contributed by atoms with Crippen LogP contribution in [0.2, 0.25) is 0 Å². The van der Waals surface area contributed by atoms with Crippen molar-refractivity contribution < 1.29 is 23.5 Å². The zero-order valence-electron chi connectivity index (χ0n) is 15.8. The van der Waals surface area contributed by atoms with Crippen LogP contribution in [0.3, 0.4) is 0 Å². The number of halogens is 1. The van der Waals surface area contributed by atoms with Crippen molar-refractivity contribution in [2.75, 3.05) is 26.2 Å². The molecule has 0 radical (unpaired) electrons. The Labute approximate surface area is 168 Å². The van der Waals surface area contributed by atoms with Gasteiger partial charge in [0, 0.05) is 13.1 Å². The fourth-order valence-electron chi connectivity index (χ4n) is 2.99. The standard InChI is InChI=1S/C22H21FN2O4/c23-19-9-5-4-8-18(19)22(28)24-14-21(27)29-15-20(26)25-12-10-17(11-13-25)16-6-2-1-3-7-16/h1-10H,11-15H2,(H,24,28). The largest absolute Gasteiger partial charge is 0.454 e. The minimum Gasteiger partial charge on any atom is -0.454 e. The van der Waals surface area contributed by atoms with Gasteiger partial charge in [0.15, 0.2) is 6.61 Å². The summed E-state index contributed by atoms with van der Waals surface area (Å²) in [7, 11) is 0. The van der Waals surface area contributed by atoms with E-state index in [1.54, 1.807) is 4.90 Å². The first-order chi connectivity index (χ1) is 14.0. The number of ether oxygens (including phenoxy) is 1. The van der Waals surface area contributed by atoms with E-state index in [-0.39, 0.29) is 11.5 Å². The molecule has 0 atom stereocenters. The van der Waals surface area contributed by atoms with Gasteiger partial charge in [-0.05, 0) is 29.7 Å². The Morgan fingerprint density at radius 2 is 1.76 bits per heavy atom. The van der Waals surface area contributed by atoms with Crippen LogP contribution in [0.4, 0.5) is 4.39 Å². The summed E-state index contributed by atoms with van der Waals surface area (Å²) in [6, 6.07) is 15.4. The van der Waals surface area contributed by atoms with E-state index in [1.165, 1.54) is 23.8 Å². The van der Waals surface area contributed by atoms with Gasteiger partial charge in [0.2, 0.25) is 0 Å². The summed E-state index contributed by atoms with van der Waals surface area (Å²) >= 11 is 0. The molecule has 2 aromatic rings. The van der Waals surface area contributed by atoms with E-state index < -0.39 is 30.8 Å². The fraction of sp³-hybridized carbons (Fsp3) is 0.227. The summed E-state index contributed by atoms with van der Waals surface area (Å²) in [6.45, 7) is 0.146. The van der Waals surface area contributed by atoms with E-state index in [1.807, 2.05) is 36.4 Å². The maximum absolute atomic E-state index is 13.5. The molecule has 1 aliphatic rings. The number of benzene rings is 2. The van der Waals surface area contributed by atoms with Gasteiger partial charge in [-0.3, -0.25) is 14.4 Å². The molecule has 7 heteroatoms. The summed E-state index contributed by atoms with van der Waals surface area (Å²) in [5.74, 6) is -2.47. The second kappa shape index (κ2) is 9.64. The number of carbonyl (C=O) groups excluding carboxylic acids is 3. The molecule has 6 nitrogen and oxygen atoms in total. The third-order valence-electron chi connectivity index (χ3n) is 4.57. The molecule has 2 amide bonds. The van der Waals surface area contributed by atoms with Gasteiger partial charge < -0.3 is 15.0 Å². The molecule has 0 fully saturated rings. The number of nitrogens with one attached hydrogen (secondary N) is 1. The summed E-state index contributed by atoms with van der Waals surface area (Å²) < 4.78 is 18.5. The highest BCUT2D eigenvalue weighted by Crippen LogP contribution is 2.21. The van der Waals surface area contributed by atoms with E-state index in [0.717, 1.165) is 18.1 Å². The van der Waals surface area contributed by atoms with Crippen LogP contribution >= 0.6 is 0 Å². The van der Waals surface area contributed by atoms with Crippen molar-refractivity contribution in [1.82, 2.24) is 10.2 Å². The molecule has 0 aromatic heterocycles. The number of nitrogens with zero attached hydrogens (tertiary/aromatic N) is 1. The van der Waals surface area contributed by atoms with Crippen LogP contribution in [-0.2, 0) is 14.3 Å². The number of rotatable bonds is 6. The van der Waals surface area contributed by atoms with Gasteiger partial charge in [-0.2, -0.15) is 0 Å². The van der Waals surface area contributed by atoms with Crippen LogP contribution in [0.25, 0.3) is 5.57 Å². The first-order valence-corrected chi connectivity index (χ1v) is 9.25. The van der Waals surface area contributed by atoms with Gasteiger partial charge in [-0.1, -0.05) is 48.5 Å². The van der Waals surface area contributed by atoms with Crippen molar-refractivity contribution in [3.8, 4) is 0 Å². The van der Waals surface area contributed by atoms with Gasteiger partial charge >= 0.3 is 5.97 Å². The molecule has 150 valence electrons. The van der Waals surface area contributed by atoms with Crippen molar-refractivity contribution >= 4 is 23.4 Å². The van der Waals surface area contributed by atoms with Crippen molar-refractivity contribution in [3.05, 3.63) is 77.6 Å². The lowest BCUT2D eigenvalue weighted by Crippen LogP contribution is -2.38. The average Bonchev–Trinajstić information content (AvgIpc) is 2.77. The summed E-state index contributed by atoms with van der Waals surface area (Å²) in [5.41, 5.74) is 2.16. The van der Waals surface area contributed by atoms with Crippen molar-refractivity contribution in [3.63, 3.8) is 0 Å². The normalized spacial score (nSPS) is 13.4. The number of amides is 2. The highest BCUT2D eigenvalue weighted by atomic mass is 19.1. The van der Waals surface area contributed by atoms with Crippen molar-refractivity contribution in [1.29, 1.82) is 0 Å². The van der Waals surface area contributed by atoms with E-state index in [2.05, 4.69) is 5.32 Å². The topological polar surface area (TPSA) is 75.7 Å². The van der Waals surface area contributed by atoms with Gasteiger partial charge in [0.05, 0.1) is 5.56 Å². The predicted octanol–water partition coefficient (Wildman–Crippen LogP) is 2.41. The van der Waals surface area contributed by atoms with Crippen LogP contribution in [0, 0.1) is 5.82 Å². The zero-order valence-corrected chi connectivity index (χ0v) is 15.8. The minimum absolute atomic E-state index is 0.161. The number of carbonyl (C=O) groups is 3. The summed E-state index contributed by atoms with van der Waals surface area (Å²) in [5, 5.41) is 2.28. The molecular formula is C22H21FN2O4. The lowest BCUT2D eigenvalue weighted by Gasteiger charge is -2.26. The maximum atomic E-state index is 13.5. The second-order valence-corrected chi connectivity index (χ2v) is 6.51. The molecule has 3 rings (SSSR count). The lowest BCUT2D eigenvalue weighted by molar-refractivity contribution is -0.151. The molecule has 0 unspecified atom stereocenters. The van der Waals surface area contributed by atoms with E-state index >= 15 is 0 Å². The predicted molar refractivity (Wildman–Crippen MR) is 105 cm³/mol. The van der Waals surface area contributed by atoms with Crippen molar-refractivity contribution in [2.45, 2.75) is 6.42 Å². The number of hydrogen-bond acceptors (Lipinski definition) is 4. The quantitative estimate of drug-likeness (QED) is 0.761. The highest BCUT2D eigenvalue weighted by molar-refractivity contribution is 5.96. The van der Waals surface area contributed by atoms with Crippen molar-refractivity contribution in [2.24, 2.45) is 0 Å². The Balaban J connectivity index is 1.41. The van der Waals surface area contributed by atoms with Crippen LogP contribution in [0.15, 0.2) is 60.7 Å². The van der Waals surface area contributed by atoms with Crippen LogP contribution in [-0.4, -0.2) is 48.9 Å². The Hall–Kier alpha value is -3.48. The van der Waals surface area contributed by atoms with E-state index in [9.17, 15) is 18.8 Å². The summed E-state index contributed by atoms with van der Waals surface area (Å²) in [6.07, 6.45) is 2.72. The van der Waals surface area contributed by atoms with Gasteiger partial charge in [0.25, 0.3) is 11.8 Å². The first-order valence-electron chi connectivity index (χ1n) is 9.25. The fourth-order valence-corrected chi connectivity index (χ4v) is 2.99. The molecule has 2 aromatic carbocycles. The molecule has 0 saturated heterocycles. The highest BCUT2D eigenvalue weighted by Gasteiger charge is 2.19. The SMILES string of the molecule is O=C(CNC(=O)c1ccccc1F)OCC(=O)N1CC=C(c2ccccc2)CC1. The summed E-state index contributed by atoms with van der Waals surface area (Å²) in [4.78, 5) is 37.5. The maximum Gasteiger partial charge on any atom is 0.325 e. The Morgan fingerprint density at radius 3 is 2.45 bits per heavy atom. The molecule has 1 N–H and O–H groups in total. The monoisotopic (exact) mass is 396 g/mol. The van der Waals surface area contributed by atoms with E-state index in [4.69, 9.17) is 4.74 Å². The Kier molecular flexibility index (Phi) is 6.73. The first kappa shape index (κ1) is 20.3. The molecule has 1 aliphatic heterocycles. The van der Waals surface area contributed by atoms with Gasteiger partial charge in [-0.25, -0.2) is 4.39 Å². The van der Waals surface area contributed by atoms with E-state index in [0.29, 0.717) is 13.1 Å². The molecule has 29 heavy (non-hydrogen) atoms. The van der Waals surface area contributed by atoms with Crippen LogP contribution in [0.5, 0.6) is 0 Å². The lowest BCUT2D eigenvalue weighted by atomic mass is 10.00. The number of esters is 1. The third kappa shape index (κ3) is 5.51. The molecular weight excluding hydrogens is 375 g/mol.